The second-order valence-corrected chi connectivity index (χ2v) is 4.77. The van der Waals surface area contributed by atoms with Gasteiger partial charge in [-0.2, -0.15) is 0 Å². The fourth-order valence-corrected chi connectivity index (χ4v) is 2.09. The largest absolute Gasteiger partial charge is 0.374 e. The Hall–Kier alpha value is -1.09. The number of piperidine rings is 1. The number of hydrogen-bond acceptors (Lipinski definition) is 3. The summed E-state index contributed by atoms with van der Waals surface area (Å²) in [4.78, 5) is 6.43. The molecule has 1 fully saturated rings. The van der Waals surface area contributed by atoms with Crippen LogP contribution < -0.4 is 4.90 Å². The van der Waals surface area contributed by atoms with Crippen LogP contribution in [0.2, 0.25) is 0 Å². The van der Waals surface area contributed by atoms with Crippen molar-refractivity contribution >= 4 is 5.82 Å². The van der Waals surface area contributed by atoms with Crippen molar-refractivity contribution in [2.45, 2.75) is 45.3 Å². The van der Waals surface area contributed by atoms with E-state index in [0.29, 0.717) is 5.92 Å². The van der Waals surface area contributed by atoms with E-state index < -0.39 is 0 Å². The SMILES string of the molecule is CC(C)c1ccc(N2CCCCC2O)nc1. The molecule has 1 aromatic heterocycles. The minimum atomic E-state index is -0.355. The quantitative estimate of drug-likeness (QED) is 0.832. The topological polar surface area (TPSA) is 36.4 Å². The van der Waals surface area contributed by atoms with Crippen molar-refractivity contribution in [3.8, 4) is 0 Å². The third kappa shape index (κ3) is 2.35. The monoisotopic (exact) mass is 220 g/mol. The standard InChI is InChI=1S/C13H20N2O/c1-10(2)11-6-7-12(14-9-11)15-8-4-3-5-13(15)16/h6-7,9-10,13,16H,3-5,8H2,1-2H3. The lowest BCUT2D eigenvalue weighted by Gasteiger charge is -2.33. The van der Waals surface area contributed by atoms with Crippen molar-refractivity contribution in [1.82, 2.24) is 4.98 Å². The minimum Gasteiger partial charge on any atom is -0.374 e. The summed E-state index contributed by atoms with van der Waals surface area (Å²) in [5.74, 6) is 1.41. The molecule has 0 bridgehead atoms. The number of rotatable bonds is 2. The van der Waals surface area contributed by atoms with Crippen molar-refractivity contribution in [3.63, 3.8) is 0 Å². The molecule has 0 spiro atoms. The van der Waals surface area contributed by atoms with Crippen molar-refractivity contribution in [1.29, 1.82) is 0 Å². The molecule has 0 aliphatic carbocycles. The van der Waals surface area contributed by atoms with Crippen LogP contribution in [-0.2, 0) is 0 Å². The molecular weight excluding hydrogens is 200 g/mol. The molecule has 0 radical (unpaired) electrons. The molecule has 1 saturated heterocycles. The lowest BCUT2D eigenvalue weighted by molar-refractivity contribution is 0.139. The van der Waals surface area contributed by atoms with Crippen molar-refractivity contribution in [3.05, 3.63) is 23.9 Å². The molecular formula is C13H20N2O. The average Bonchev–Trinajstić information content (AvgIpc) is 2.30. The van der Waals surface area contributed by atoms with Crippen LogP contribution in [0.4, 0.5) is 5.82 Å². The zero-order valence-corrected chi connectivity index (χ0v) is 10.1. The van der Waals surface area contributed by atoms with E-state index in [9.17, 15) is 5.11 Å². The van der Waals surface area contributed by atoms with Crippen LogP contribution in [-0.4, -0.2) is 22.9 Å². The Bertz CT molecular complexity index is 334. The van der Waals surface area contributed by atoms with Gasteiger partial charge in [-0.1, -0.05) is 19.9 Å². The van der Waals surface area contributed by atoms with Crippen LogP contribution in [0.5, 0.6) is 0 Å². The third-order valence-electron chi connectivity index (χ3n) is 3.20. The van der Waals surface area contributed by atoms with E-state index >= 15 is 0 Å². The zero-order chi connectivity index (χ0) is 11.5. The maximum atomic E-state index is 9.89. The second kappa shape index (κ2) is 4.83. The molecule has 16 heavy (non-hydrogen) atoms. The Balaban J connectivity index is 2.14. The van der Waals surface area contributed by atoms with Crippen LogP contribution in [0, 0.1) is 0 Å². The average molecular weight is 220 g/mol. The summed E-state index contributed by atoms with van der Waals surface area (Å²) in [6.07, 6.45) is 4.67. The van der Waals surface area contributed by atoms with Crippen LogP contribution in [0.3, 0.4) is 0 Å². The van der Waals surface area contributed by atoms with E-state index in [2.05, 4.69) is 24.9 Å². The molecule has 1 N–H and O–H groups in total. The van der Waals surface area contributed by atoms with Crippen molar-refractivity contribution in [2.75, 3.05) is 11.4 Å². The highest BCUT2D eigenvalue weighted by atomic mass is 16.3. The smallest absolute Gasteiger partial charge is 0.130 e. The molecule has 0 amide bonds. The number of aromatic nitrogens is 1. The van der Waals surface area contributed by atoms with Gasteiger partial charge in [0.05, 0.1) is 0 Å². The summed E-state index contributed by atoms with van der Waals surface area (Å²) in [6, 6.07) is 4.12. The Morgan fingerprint density at radius 3 is 2.75 bits per heavy atom. The second-order valence-electron chi connectivity index (χ2n) is 4.77. The van der Waals surface area contributed by atoms with Gasteiger partial charge in [-0.15, -0.1) is 0 Å². The maximum absolute atomic E-state index is 9.89. The lowest BCUT2D eigenvalue weighted by atomic mass is 10.1. The van der Waals surface area contributed by atoms with Gasteiger partial charge >= 0.3 is 0 Å². The van der Waals surface area contributed by atoms with E-state index in [4.69, 9.17) is 0 Å². The van der Waals surface area contributed by atoms with Gasteiger partial charge in [0.15, 0.2) is 0 Å². The highest BCUT2D eigenvalue weighted by molar-refractivity contribution is 5.40. The first-order chi connectivity index (χ1) is 7.68. The Morgan fingerprint density at radius 1 is 1.38 bits per heavy atom. The molecule has 1 aromatic rings. The Morgan fingerprint density at radius 2 is 2.19 bits per heavy atom. The Labute approximate surface area is 97.1 Å². The van der Waals surface area contributed by atoms with Gasteiger partial charge in [-0.05, 0) is 36.8 Å². The number of hydrogen-bond donors (Lipinski definition) is 1. The lowest BCUT2D eigenvalue weighted by Crippen LogP contribution is -2.39. The van der Waals surface area contributed by atoms with E-state index in [0.717, 1.165) is 31.6 Å². The first-order valence-electron chi connectivity index (χ1n) is 6.09. The highest BCUT2D eigenvalue weighted by Gasteiger charge is 2.20. The van der Waals surface area contributed by atoms with E-state index in [1.54, 1.807) is 0 Å². The highest BCUT2D eigenvalue weighted by Crippen LogP contribution is 2.23. The number of aliphatic hydroxyl groups is 1. The number of pyridine rings is 1. The predicted molar refractivity (Wildman–Crippen MR) is 65.5 cm³/mol. The van der Waals surface area contributed by atoms with Gasteiger partial charge in [0.1, 0.15) is 12.0 Å². The van der Waals surface area contributed by atoms with E-state index in [1.165, 1.54) is 5.56 Å². The van der Waals surface area contributed by atoms with Crippen molar-refractivity contribution < 1.29 is 5.11 Å². The molecule has 88 valence electrons. The molecule has 1 atom stereocenters. The summed E-state index contributed by atoms with van der Waals surface area (Å²) in [5, 5.41) is 9.89. The summed E-state index contributed by atoms with van der Waals surface area (Å²) in [7, 11) is 0. The van der Waals surface area contributed by atoms with Gasteiger partial charge in [-0.25, -0.2) is 4.98 Å². The fourth-order valence-electron chi connectivity index (χ4n) is 2.09. The van der Waals surface area contributed by atoms with Gasteiger partial charge < -0.3 is 10.0 Å². The first kappa shape index (κ1) is 11.4. The van der Waals surface area contributed by atoms with Gasteiger partial charge in [0.2, 0.25) is 0 Å². The maximum Gasteiger partial charge on any atom is 0.130 e. The number of nitrogens with zero attached hydrogens (tertiary/aromatic N) is 2. The summed E-state index contributed by atoms with van der Waals surface area (Å²) in [5.41, 5.74) is 1.25. The minimum absolute atomic E-state index is 0.355. The molecule has 1 aliphatic heterocycles. The van der Waals surface area contributed by atoms with Gasteiger partial charge in [-0.3, -0.25) is 0 Å². The molecule has 0 aromatic carbocycles. The summed E-state index contributed by atoms with van der Waals surface area (Å²) < 4.78 is 0. The summed E-state index contributed by atoms with van der Waals surface area (Å²) in [6.45, 7) is 5.23. The molecule has 1 unspecified atom stereocenters. The molecule has 0 saturated carbocycles. The van der Waals surface area contributed by atoms with E-state index in [1.807, 2.05) is 17.2 Å². The van der Waals surface area contributed by atoms with Crippen LogP contribution >= 0.6 is 0 Å². The van der Waals surface area contributed by atoms with E-state index in [-0.39, 0.29) is 6.23 Å². The normalized spacial score (nSPS) is 21.5. The number of aliphatic hydroxyl groups excluding tert-OH is 1. The van der Waals surface area contributed by atoms with Gasteiger partial charge in [0.25, 0.3) is 0 Å². The van der Waals surface area contributed by atoms with Crippen LogP contribution in [0.1, 0.15) is 44.6 Å². The van der Waals surface area contributed by atoms with Gasteiger partial charge in [0, 0.05) is 12.7 Å². The predicted octanol–water partition coefficient (Wildman–Crippen LogP) is 2.51. The molecule has 1 aliphatic rings. The zero-order valence-electron chi connectivity index (χ0n) is 10.1. The number of anilines is 1. The fraction of sp³-hybridized carbons (Fsp3) is 0.615. The molecule has 2 heterocycles. The first-order valence-corrected chi connectivity index (χ1v) is 6.09. The molecule has 3 heteroatoms. The van der Waals surface area contributed by atoms with Crippen LogP contribution in [0.15, 0.2) is 18.3 Å². The van der Waals surface area contributed by atoms with Crippen molar-refractivity contribution in [2.24, 2.45) is 0 Å². The third-order valence-corrected chi connectivity index (χ3v) is 3.20. The molecule has 2 rings (SSSR count). The van der Waals surface area contributed by atoms with Crippen LogP contribution in [0.25, 0.3) is 0 Å². The Kier molecular flexibility index (Phi) is 3.44. The molecule has 3 nitrogen and oxygen atoms in total. The summed E-state index contributed by atoms with van der Waals surface area (Å²) >= 11 is 0.